The van der Waals surface area contributed by atoms with Crippen LogP contribution in [0.5, 0.6) is 5.75 Å². The van der Waals surface area contributed by atoms with E-state index in [1.165, 1.54) is 12.1 Å². The van der Waals surface area contributed by atoms with E-state index in [1.54, 1.807) is 49.5 Å². The molecule has 0 amide bonds. The number of methoxy groups -OCH3 is 1. The van der Waals surface area contributed by atoms with Crippen molar-refractivity contribution in [2.45, 2.75) is 36.1 Å². The first-order valence-electron chi connectivity index (χ1n) is 10.7. The van der Waals surface area contributed by atoms with Gasteiger partial charge in [-0.25, -0.2) is 19.3 Å². The second kappa shape index (κ2) is 9.53. The predicted octanol–water partition coefficient (Wildman–Crippen LogP) is 6.22. The fourth-order valence-corrected chi connectivity index (χ4v) is 5.40. The van der Waals surface area contributed by atoms with E-state index in [9.17, 15) is 4.39 Å². The SMILES string of the molecule is COc1cc(C2CCCc3nc(SCc4ncccn4)n(-c4ccc(F)cc4)c32)ccc1Cl. The Balaban J connectivity index is 1.61. The van der Waals surface area contributed by atoms with E-state index in [1.807, 2.05) is 12.1 Å². The summed E-state index contributed by atoms with van der Waals surface area (Å²) >= 11 is 7.88. The van der Waals surface area contributed by atoms with Crippen molar-refractivity contribution < 1.29 is 9.13 Å². The molecule has 4 aromatic rings. The molecular formula is C25H22ClFN4OS. The molecule has 0 radical (unpaired) electrons. The lowest BCUT2D eigenvalue weighted by atomic mass is 9.84. The summed E-state index contributed by atoms with van der Waals surface area (Å²) in [5.74, 6) is 1.86. The van der Waals surface area contributed by atoms with E-state index in [-0.39, 0.29) is 11.7 Å². The minimum Gasteiger partial charge on any atom is -0.495 e. The van der Waals surface area contributed by atoms with Crippen molar-refractivity contribution in [1.82, 2.24) is 19.5 Å². The average molecular weight is 481 g/mol. The van der Waals surface area contributed by atoms with Gasteiger partial charge in [0.05, 0.1) is 29.3 Å². The monoisotopic (exact) mass is 480 g/mol. The van der Waals surface area contributed by atoms with E-state index in [2.05, 4.69) is 20.6 Å². The van der Waals surface area contributed by atoms with Gasteiger partial charge in [-0.1, -0.05) is 29.4 Å². The molecule has 33 heavy (non-hydrogen) atoms. The number of ether oxygens (including phenoxy) is 1. The summed E-state index contributed by atoms with van der Waals surface area (Å²) in [6.45, 7) is 0. The highest BCUT2D eigenvalue weighted by Crippen LogP contribution is 2.42. The molecule has 0 saturated heterocycles. The van der Waals surface area contributed by atoms with Crippen LogP contribution in [0.15, 0.2) is 66.1 Å². The smallest absolute Gasteiger partial charge is 0.173 e. The summed E-state index contributed by atoms with van der Waals surface area (Å²) in [7, 11) is 1.63. The predicted molar refractivity (Wildman–Crippen MR) is 128 cm³/mol. The second-order valence-corrected chi connectivity index (χ2v) is 9.18. The minimum absolute atomic E-state index is 0.125. The summed E-state index contributed by atoms with van der Waals surface area (Å²) in [5, 5.41) is 1.44. The fraction of sp³-hybridized carbons (Fsp3) is 0.240. The number of benzene rings is 2. The largest absolute Gasteiger partial charge is 0.495 e. The molecule has 2 aromatic heterocycles. The summed E-state index contributed by atoms with van der Waals surface area (Å²) in [6, 6.07) is 14.3. The molecule has 2 heterocycles. The lowest BCUT2D eigenvalue weighted by Crippen LogP contribution is -2.15. The van der Waals surface area contributed by atoms with Gasteiger partial charge in [-0.15, -0.1) is 0 Å². The van der Waals surface area contributed by atoms with Gasteiger partial charge in [-0.3, -0.25) is 4.57 Å². The molecule has 0 aliphatic heterocycles. The third-order valence-corrected chi connectivity index (χ3v) is 7.05. The van der Waals surface area contributed by atoms with Crippen LogP contribution in [0.1, 0.15) is 41.5 Å². The van der Waals surface area contributed by atoms with Crippen LogP contribution in [0.2, 0.25) is 5.02 Å². The van der Waals surface area contributed by atoms with Crippen molar-refractivity contribution in [3.8, 4) is 11.4 Å². The van der Waals surface area contributed by atoms with Crippen molar-refractivity contribution in [2.24, 2.45) is 0 Å². The molecule has 0 bridgehead atoms. The molecule has 0 spiro atoms. The first-order valence-corrected chi connectivity index (χ1v) is 12.1. The Labute approximate surface area is 201 Å². The van der Waals surface area contributed by atoms with Crippen LogP contribution in [0, 0.1) is 5.82 Å². The Morgan fingerprint density at radius 1 is 1.15 bits per heavy atom. The van der Waals surface area contributed by atoms with Gasteiger partial charge in [0.25, 0.3) is 0 Å². The molecule has 8 heteroatoms. The van der Waals surface area contributed by atoms with E-state index >= 15 is 0 Å². The molecule has 5 nitrogen and oxygen atoms in total. The first-order chi connectivity index (χ1) is 16.1. The Hall–Kier alpha value is -2.90. The van der Waals surface area contributed by atoms with Crippen LogP contribution >= 0.6 is 23.4 Å². The number of thioether (sulfide) groups is 1. The lowest BCUT2D eigenvalue weighted by molar-refractivity contribution is 0.414. The molecule has 1 aliphatic carbocycles. The Bertz CT molecular complexity index is 1260. The highest BCUT2D eigenvalue weighted by Gasteiger charge is 2.30. The quantitative estimate of drug-likeness (QED) is 0.306. The van der Waals surface area contributed by atoms with Gasteiger partial charge < -0.3 is 4.74 Å². The number of halogens is 2. The maximum Gasteiger partial charge on any atom is 0.173 e. The number of aromatic nitrogens is 4. The maximum atomic E-state index is 13.7. The third-order valence-electron chi connectivity index (χ3n) is 5.81. The maximum absolute atomic E-state index is 13.7. The van der Waals surface area contributed by atoms with Crippen LogP contribution in [0.4, 0.5) is 4.39 Å². The van der Waals surface area contributed by atoms with E-state index < -0.39 is 0 Å². The number of aryl methyl sites for hydroxylation is 1. The van der Waals surface area contributed by atoms with Gasteiger partial charge in [-0.2, -0.15) is 0 Å². The fourth-order valence-electron chi connectivity index (χ4n) is 4.29. The molecule has 0 N–H and O–H groups in total. The molecule has 0 fully saturated rings. The Morgan fingerprint density at radius 3 is 2.70 bits per heavy atom. The third kappa shape index (κ3) is 4.48. The molecule has 168 valence electrons. The topological polar surface area (TPSA) is 52.8 Å². The van der Waals surface area contributed by atoms with Gasteiger partial charge in [0.2, 0.25) is 0 Å². The van der Waals surface area contributed by atoms with Crippen molar-refractivity contribution in [2.75, 3.05) is 7.11 Å². The summed E-state index contributed by atoms with van der Waals surface area (Å²) in [5.41, 5.74) is 4.22. The molecule has 1 aliphatic rings. The van der Waals surface area contributed by atoms with Crippen LogP contribution in [-0.4, -0.2) is 26.6 Å². The Morgan fingerprint density at radius 2 is 1.94 bits per heavy atom. The summed E-state index contributed by atoms with van der Waals surface area (Å²) in [6.07, 6.45) is 6.40. The zero-order valence-corrected chi connectivity index (χ0v) is 19.6. The average Bonchev–Trinajstić information content (AvgIpc) is 3.23. The van der Waals surface area contributed by atoms with Gasteiger partial charge in [0.15, 0.2) is 5.16 Å². The molecule has 1 unspecified atom stereocenters. The second-order valence-electron chi connectivity index (χ2n) is 7.83. The highest BCUT2D eigenvalue weighted by atomic mass is 35.5. The van der Waals surface area contributed by atoms with Gasteiger partial charge in [0.1, 0.15) is 17.4 Å². The van der Waals surface area contributed by atoms with E-state index in [0.717, 1.165) is 52.9 Å². The number of hydrogen-bond acceptors (Lipinski definition) is 5. The number of fused-ring (bicyclic) bond motifs is 1. The number of hydrogen-bond donors (Lipinski definition) is 0. The van der Waals surface area contributed by atoms with E-state index in [4.69, 9.17) is 21.3 Å². The number of rotatable bonds is 6. The van der Waals surface area contributed by atoms with Gasteiger partial charge in [0, 0.05) is 24.0 Å². The van der Waals surface area contributed by atoms with Crippen molar-refractivity contribution in [1.29, 1.82) is 0 Å². The molecular weight excluding hydrogens is 459 g/mol. The normalized spacial score (nSPS) is 15.3. The molecule has 2 aromatic carbocycles. The number of nitrogens with zero attached hydrogens (tertiary/aromatic N) is 4. The zero-order chi connectivity index (χ0) is 22.8. The van der Waals surface area contributed by atoms with Crippen LogP contribution in [0.3, 0.4) is 0 Å². The molecule has 1 atom stereocenters. The van der Waals surface area contributed by atoms with Crippen LogP contribution < -0.4 is 4.74 Å². The van der Waals surface area contributed by atoms with Crippen LogP contribution in [0.25, 0.3) is 5.69 Å². The summed E-state index contributed by atoms with van der Waals surface area (Å²) in [4.78, 5) is 13.7. The van der Waals surface area contributed by atoms with E-state index in [0.29, 0.717) is 16.5 Å². The van der Waals surface area contributed by atoms with Crippen molar-refractivity contribution >= 4 is 23.4 Å². The van der Waals surface area contributed by atoms with Crippen molar-refractivity contribution in [3.05, 3.63) is 94.5 Å². The summed E-state index contributed by atoms with van der Waals surface area (Å²) < 4.78 is 21.4. The molecule has 5 rings (SSSR count). The van der Waals surface area contributed by atoms with Gasteiger partial charge >= 0.3 is 0 Å². The standard InChI is InChI=1S/C25H22ClFN4OS/c1-32-22-14-16(6-11-20(22)26)19-4-2-5-21-24(19)31(18-9-7-17(27)8-10-18)25(30-21)33-15-23-28-12-3-13-29-23/h3,6-14,19H,2,4-5,15H2,1H3. The Kier molecular flexibility index (Phi) is 6.33. The lowest BCUT2D eigenvalue weighted by Gasteiger charge is -2.25. The first kappa shape index (κ1) is 21.9. The minimum atomic E-state index is -0.265. The zero-order valence-electron chi connectivity index (χ0n) is 18.0. The van der Waals surface area contributed by atoms with Crippen molar-refractivity contribution in [3.63, 3.8) is 0 Å². The molecule has 0 saturated carbocycles. The van der Waals surface area contributed by atoms with Crippen LogP contribution in [-0.2, 0) is 12.2 Å². The van der Waals surface area contributed by atoms with Gasteiger partial charge in [-0.05, 0) is 67.3 Å². The highest BCUT2D eigenvalue weighted by molar-refractivity contribution is 7.98. The number of imidazole rings is 1.